The van der Waals surface area contributed by atoms with Gasteiger partial charge in [0.25, 0.3) is 6.02 Å². The third kappa shape index (κ3) is 5.49. The van der Waals surface area contributed by atoms with E-state index < -0.39 is 30.2 Å². The molecule has 1 aliphatic carbocycles. The Kier molecular flexibility index (Phi) is 7.46. The number of nitrogens with one attached hydrogen (secondary N) is 2. The van der Waals surface area contributed by atoms with Crippen LogP contribution < -0.4 is 15.0 Å². The van der Waals surface area contributed by atoms with Crippen LogP contribution in [0.25, 0.3) is 0 Å². The van der Waals surface area contributed by atoms with Gasteiger partial charge < -0.3 is 24.4 Å². The summed E-state index contributed by atoms with van der Waals surface area (Å²) in [6.07, 6.45) is -0.0710. The van der Waals surface area contributed by atoms with E-state index in [4.69, 9.17) is 19.6 Å². The number of carbonyl (C=O) groups is 1. The number of hydrogen-bond acceptors (Lipinski definition) is 9. The zero-order chi connectivity index (χ0) is 28.7. The van der Waals surface area contributed by atoms with Gasteiger partial charge in [-0.2, -0.15) is 13.2 Å². The van der Waals surface area contributed by atoms with E-state index >= 15 is 0 Å². The Bertz CT molecular complexity index is 1260. The van der Waals surface area contributed by atoms with Crippen LogP contribution in [0, 0.1) is 5.41 Å². The number of aromatic nitrogens is 3. The van der Waals surface area contributed by atoms with E-state index in [1.165, 1.54) is 4.90 Å². The summed E-state index contributed by atoms with van der Waals surface area (Å²) in [5.74, 6) is 1.22. The van der Waals surface area contributed by atoms with Crippen molar-refractivity contribution in [3.05, 3.63) is 29.7 Å². The fourth-order valence-electron chi connectivity index (χ4n) is 5.02. The molecule has 1 saturated heterocycles. The van der Waals surface area contributed by atoms with Crippen LogP contribution in [0.1, 0.15) is 50.9 Å². The molecule has 2 fully saturated rings. The van der Waals surface area contributed by atoms with Crippen LogP contribution in [0.3, 0.4) is 0 Å². The molecule has 0 atom stereocenters. The standard InChI is InChI=1S/C26H32F3N7O4/c1-15(2)35(14-26(27,28)29)24(30)39-13-18-33-21(31-3)20-22(34-18)36(23(37)25(20)8-9-25)16-4-5-19(32-12-16)40-17-6-10-38-11-7-17/h4-5,12,15,17,30H,6-11,13-14H2,1-3H3,(H,31,33,34). The zero-order valence-electron chi connectivity index (χ0n) is 22.5. The van der Waals surface area contributed by atoms with Gasteiger partial charge in [0.15, 0.2) is 12.4 Å². The van der Waals surface area contributed by atoms with E-state index in [2.05, 4.69) is 20.3 Å². The van der Waals surface area contributed by atoms with E-state index in [1.54, 1.807) is 39.2 Å². The van der Waals surface area contributed by atoms with Crippen LogP contribution in [0.5, 0.6) is 5.88 Å². The maximum absolute atomic E-state index is 13.7. The van der Waals surface area contributed by atoms with Gasteiger partial charge in [-0.25, -0.2) is 15.0 Å². The predicted octanol–water partition coefficient (Wildman–Crippen LogP) is 3.91. The van der Waals surface area contributed by atoms with Gasteiger partial charge in [0, 0.05) is 32.0 Å². The largest absolute Gasteiger partial charge is 0.474 e. The average molecular weight is 564 g/mol. The molecule has 2 aromatic rings. The number of alkyl halides is 3. The fraction of sp³-hybridized carbons (Fsp3) is 0.577. The topological polar surface area (TPSA) is 126 Å². The second-order valence-corrected chi connectivity index (χ2v) is 10.4. The first-order valence-corrected chi connectivity index (χ1v) is 13.2. The highest BCUT2D eigenvalue weighted by atomic mass is 19.4. The molecule has 1 saturated carbocycles. The monoisotopic (exact) mass is 563 g/mol. The first-order valence-electron chi connectivity index (χ1n) is 13.2. The number of rotatable bonds is 8. The molecule has 5 rings (SSSR count). The molecule has 11 nitrogen and oxygen atoms in total. The minimum atomic E-state index is -4.50. The predicted molar refractivity (Wildman–Crippen MR) is 139 cm³/mol. The lowest BCUT2D eigenvalue weighted by Crippen LogP contribution is -2.43. The number of fused-ring (bicyclic) bond motifs is 2. The van der Waals surface area contributed by atoms with Crippen molar-refractivity contribution in [2.24, 2.45) is 0 Å². The van der Waals surface area contributed by atoms with Crippen LogP contribution in [0.2, 0.25) is 0 Å². The fourth-order valence-corrected chi connectivity index (χ4v) is 5.02. The lowest BCUT2D eigenvalue weighted by atomic mass is 9.99. The van der Waals surface area contributed by atoms with E-state index in [-0.39, 0.29) is 24.4 Å². The van der Waals surface area contributed by atoms with Gasteiger partial charge in [0.2, 0.25) is 11.8 Å². The smallest absolute Gasteiger partial charge is 0.406 e. The lowest BCUT2D eigenvalue weighted by Gasteiger charge is -2.29. The highest BCUT2D eigenvalue weighted by Crippen LogP contribution is 2.60. The number of nitrogens with zero attached hydrogens (tertiary/aromatic N) is 5. The summed E-state index contributed by atoms with van der Waals surface area (Å²) >= 11 is 0. The Labute approximate surface area is 229 Å². The zero-order valence-corrected chi connectivity index (χ0v) is 22.5. The SMILES string of the molecule is CNc1nc(COC(=N)N(CC(F)(F)F)C(C)C)nc2c1C1(CC1)C(=O)N2c1ccc(OC2CCOCC2)nc1. The van der Waals surface area contributed by atoms with Crippen LogP contribution in [0.15, 0.2) is 18.3 Å². The molecule has 2 aromatic heterocycles. The summed E-state index contributed by atoms with van der Waals surface area (Å²) in [7, 11) is 1.67. The van der Waals surface area contributed by atoms with Crippen LogP contribution in [-0.2, 0) is 26.3 Å². The second kappa shape index (κ2) is 10.7. The molecular formula is C26H32F3N7O4. The lowest BCUT2D eigenvalue weighted by molar-refractivity contribution is -0.142. The van der Waals surface area contributed by atoms with Crippen molar-refractivity contribution < 1.29 is 32.2 Å². The van der Waals surface area contributed by atoms with E-state index in [0.717, 1.165) is 17.7 Å². The summed E-state index contributed by atoms with van der Waals surface area (Å²) < 4.78 is 55.8. The number of anilines is 3. The van der Waals surface area contributed by atoms with Crippen molar-refractivity contribution in [2.45, 2.75) is 69.9 Å². The molecule has 0 radical (unpaired) electrons. The quantitative estimate of drug-likeness (QED) is 0.363. The number of amides is 1. The first-order chi connectivity index (χ1) is 19.0. The summed E-state index contributed by atoms with van der Waals surface area (Å²) in [4.78, 5) is 29.5. The molecule has 3 aliphatic rings. The summed E-state index contributed by atoms with van der Waals surface area (Å²) in [5.41, 5.74) is 0.436. The van der Waals surface area contributed by atoms with E-state index in [1.807, 2.05) is 0 Å². The number of amidine groups is 1. The molecule has 216 valence electrons. The van der Waals surface area contributed by atoms with Crippen LogP contribution in [0.4, 0.5) is 30.5 Å². The maximum atomic E-state index is 13.7. The summed E-state index contributed by atoms with van der Waals surface area (Å²) in [6.45, 7) is 2.69. The highest BCUT2D eigenvalue weighted by molar-refractivity contribution is 6.15. The first kappa shape index (κ1) is 27.9. The molecule has 1 spiro atoms. The van der Waals surface area contributed by atoms with Crippen molar-refractivity contribution in [3.63, 3.8) is 0 Å². The molecule has 2 N–H and O–H groups in total. The van der Waals surface area contributed by atoms with Crippen LogP contribution >= 0.6 is 0 Å². The molecule has 1 amide bonds. The normalized spacial score (nSPS) is 18.2. The highest BCUT2D eigenvalue weighted by Gasteiger charge is 2.62. The van der Waals surface area contributed by atoms with Crippen molar-refractivity contribution in [3.8, 4) is 5.88 Å². The third-order valence-electron chi connectivity index (χ3n) is 7.23. The Balaban J connectivity index is 1.39. The number of halogens is 3. The van der Waals surface area contributed by atoms with Gasteiger partial charge in [-0.15, -0.1) is 0 Å². The van der Waals surface area contributed by atoms with Crippen molar-refractivity contribution in [2.75, 3.05) is 37.0 Å². The van der Waals surface area contributed by atoms with Crippen LogP contribution in [-0.4, -0.2) is 76.9 Å². The van der Waals surface area contributed by atoms with Gasteiger partial charge in [-0.1, -0.05) is 0 Å². The Morgan fingerprint density at radius 1 is 1.27 bits per heavy atom. The van der Waals surface area contributed by atoms with Gasteiger partial charge >= 0.3 is 6.18 Å². The van der Waals surface area contributed by atoms with E-state index in [9.17, 15) is 18.0 Å². The molecule has 2 aliphatic heterocycles. The summed E-state index contributed by atoms with van der Waals surface area (Å²) in [5, 5.41) is 11.1. The van der Waals surface area contributed by atoms with Crippen molar-refractivity contribution >= 4 is 29.3 Å². The molecule has 40 heavy (non-hydrogen) atoms. The minimum Gasteiger partial charge on any atom is -0.474 e. The van der Waals surface area contributed by atoms with E-state index in [0.29, 0.717) is 54.8 Å². The molecule has 4 heterocycles. The Hall–Kier alpha value is -3.68. The molecule has 0 aromatic carbocycles. The second-order valence-electron chi connectivity index (χ2n) is 10.4. The minimum absolute atomic E-state index is 0.0194. The van der Waals surface area contributed by atoms with Crippen molar-refractivity contribution in [1.29, 1.82) is 5.41 Å². The van der Waals surface area contributed by atoms with Gasteiger partial charge in [-0.05, 0) is 32.8 Å². The average Bonchev–Trinajstić information content (AvgIpc) is 3.68. The molecule has 0 unspecified atom stereocenters. The van der Waals surface area contributed by atoms with Crippen molar-refractivity contribution in [1.82, 2.24) is 19.9 Å². The molecule has 14 heteroatoms. The third-order valence-corrected chi connectivity index (χ3v) is 7.23. The number of ether oxygens (including phenoxy) is 3. The Morgan fingerprint density at radius 3 is 2.58 bits per heavy atom. The molecular weight excluding hydrogens is 531 g/mol. The summed E-state index contributed by atoms with van der Waals surface area (Å²) in [6, 6.07) is 2.20. The maximum Gasteiger partial charge on any atom is 0.406 e. The van der Waals surface area contributed by atoms with Gasteiger partial charge in [-0.3, -0.25) is 15.1 Å². The van der Waals surface area contributed by atoms with Gasteiger partial charge in [0.1, 0.15) is 24.3 Å². The number of carbonyl (C=O) groups excluding carboxylic acids is 1. The number of hydrogen-bond donors (Lipinski definition) is 2. The molecule has 0 bridgehead atoms. The van der Waals surface area contributed by atoms with Gasteiger partial charge in [0.05, 0.1) is 36.1 Å². The number of pyridine rings is 1. The Morgan fingerprint density at radius 2 is 2.00 bits per heavy atom.